The molecule has 0 saturated heterocycles. The summed E-state index contributed by atoms with van der Waals surface area (Å²) in [5.41, 5.74) is 7.36. The van der Waals surface area contributed by atoms with Crippen LogP contribution in [0.5, 0.6) is 0 Å². The number of methoxy groups -OCH3 is 1. The second-order valence-electron chi connectivity index (χ2n) is 3.03. The summed E-state index contributed by atoms with van der Waals surface area (Å²) in [7, 11) is 1.32. The number of carbonyl (C=O) groups excluding carboxylic acids is 1. The molecule has 0 heterocycles. The lowest BCUT2D eigenvalue weighted by Crippen LogP contribution is -2.12. The van der Waals surface area contributed by atoms with Gasteiger partial charge < -0.3 is 10.5 Å². The summed E-state index contributed by atoms with van der Waals surface area (Å²) >= 11 is 0. The molecule has 0 aliphatic rings. The second kappa shape index (κ2) is 4.62. The number of hydrogen-bond acceptors (Lipinski definition) is 3. The first-order valence-corrected chi connectivity index (χ1v) is 4.34. The van der Waals surface area contributed by atoms with Gasteiger partial charge in [-0.2, -0.15) is 0 Å². The van der Waals surface area contributed by atoms with Crippen molar-refractivity contribution in [3.8, 4) is 0 Å². The van der Waals surface area contributed by atoms with E-state index < -0.39 is 6.09 Å². The molecular weight excluding hydrogens is 180 g/mol. The predicted molar refractivity (Wildman–Crippen MR) is 55.1 cm³/mol. The van der Waals surface area contributed by atoms with Gasteiger partial charge in [-0.05, 0) is 24.6 Å². The van der Waals surface area contributed by atoms with Crippen molar-refractivity contribution in [1.29, 1.82) is 0 Å². The van der Waals surface area contributed by atoms with Gasteiger partial charge in [-0.15, -0.1) is 0 Å². The van der Waals surface area contributed by atoms with Gasteiger partial charge in [0.05, 0.1) is 7.11 Å². The molecule has 1 unspecified atom stereocenters. The van der Waals surface area contributed by atoms with E-state index in [0.29, 0.717) is 5.69 Å². The fourth-order valence-electron chi connectivity index (χ4n) is 1.07. The fourth-order valence-corrected chi connectivity index (χ4v) is 1.07. The van der Waals surface area contributed by atoms with Gasteiger partial charge in [-0.25, -0.2) is 4.79 Å². The van der Waals surface area contributed by atoms with Crippen molar-refractivity contribution in [3.63, 3.8) is 0 Å². The minimum absolute atomic E-state index is 0.0469. The molecule has 1 atom stereocenters. The number of amides is 1. The Morgan fingerprint density at radius 2 is 2.29 bits per heavy atom. The largest absolute Gasteiger partial charge is 0.453 e. The Morgan fingerprint density at radius 3 is 2.86 bits per heavy atom. The van der Waals surface area contributed by atoms with Crippen molar-refractivity contribution in [2.75, 3.05) is 12.4 Å². The van der Waals surface area contributed by atoms with E-state index >= 15 is 0 Å². The zero-order valence-corrected chi connectivity index (χ0v) is 8.28. The highest BCUT2D eigenvalue weighted by molar-refractivity contribution is 5.84. The number of carbonyl (C=O) groups is 1. The van der Waals surface area contributed by atoms with Crippen molar-refractivity contribution in [2.24, 2.45) is 5.73 Å². The van der Waals surface area contributed by atoms with Gasteiger partial charge in [0.25, 0.3) is 0 Å². The summed E-state index contributed by atoms with van der Waals surface area (Å²) in [4.78, 5) is 10.9. The zero-order valence-electron chi connectivity index (χ0n) is 8.28. The molecule has 14 heavy (non-hydrogen) atoms. The molecule has 4 nitrogen and oxygen atoms in total. The quantitative estimate of drug-likeness (QED) is 0.755. The Labute approximate surface area is 83.1 Å². The Bertz CT molecular complexity index is 324. The van der Waals surface area contributed by atoms with Gasteiger partial charge >= 0.3 is 6.09 Å². The van der Waals surface area contributed by atoms with E-state index in [4.69, 9.17) is 5.73 Å². The molecule has 1 amide bonds. The summed E-state index contributed by atoms with van der Waals surface area (Å²) in [6.07, 6.45) is -0.480. The molecular formula is C10H14N2O2. The topological polar surface area (TPSA) is 64.3 Å². The lowest BCUT2D eigenvalue weighted by atomic mass is 10.1. The number of benzene rings is 1. The normalized spacial score (nSPS) is 11.9. The van der Waals surface area contributed by atoms with Crippen LogP contribution in [0, 0.1) is 0 Å². The van der Waals surface area contributed by atoms with Crippen LogP contribution in [-0.4, -0.2) is 13.2 Å². The highest BCUT2D eigenvalue weighted by atomic mass is 16.5. The van der Waals surface area contributed by atoms with Gasteiger partial charge in [-0.1, -0.05) is 12.1 Å². The van der Waals surface area contributed by atoms with Crippen LogP contribution in [-0.2, 0) is 4.74 Å². The molecule has 0 fully saturated rings. The molecule has 1 rings (SSSR count). The average molecular weight is 194 g/mol. The third kappa shape index (κ3) is 2.74. The van der Waals surface area contributed by atoms with E-state index in [-0.39, 0.29) is 6.04 Å². The first kappa shape index (κ1) is 10.5. The Kier molecular flexibility index (Phi) is 3.48. The Hall–Kier alpha value is -1.55. The first-order chi connectivity index (χ1) is 6.63. The zero-order chi connectivity index (χ0) is 10.6. The predicted octanol–water partition coefficient (Wildman–Crippen LogP) is 1.88. The van der Waals surface area contributed by atoms with E-state index in [1.165, 1.54) is 7.11 Å². The molecule has 0 aliphatic heterocycles. The standard InChI is InChI=1S/C10H14N2O2/c1-7(11)8-4-3-5-9(6-8)12-10(13)14-2/h3-7H,11H2,1-2H3,(H,12,13). The van der Waals surface area contributed by atoms with Gasteiger partial charge in [-0.3, -0.25) is 5.32 Å². The lowest BCUT2D eigenvalue weighted by molar-refractivity contribution is 0.187. The number of anilines is 1. The van der Waals surface area contributed by atoms with E-state index in [1.54, 1.807) is 6.07 Å². The molecule has 0 saturated carbocycles. The van der Waals surface area contributed by atoms with Crippen LogP contribution in [0.3, 0.4) is 0 Å². The van der Waals surface area contributed by atoms with Gasteiger partial charge in [0, 0.05) is 11.7 Å². The van der Waals surface area contributed by atoms with Crippen molar-refractivity contribution < 1.29 is 9.53 Å². The molecule has 76 valence electrons. The summed E-state index contributed by atoms with van der Waals surface area (Å²) in [5.74, 6) is 0. The SMILES string of the molecule is COC(=O)Nc1cccc(C(C)N)c1. The maximum Gasteiger partial charge on any atom is 0.411 e. The average Bonchev–Trinajstić information content (AvgIpc) is 2.18. The third-order valence-electron chi connectivity index (χ3n) is 1.84. The van der Waals surface area contributed by atoms with Gasteiger partial charge in [0.2, 0.25) is 0 Å². The van der Waals surface area contributed by atoms with Crippen LogP contribution in [0.1, 0.15) is 18.5 Å². The molecule has 1 aromatic rings. The Morgan fingerprint density at radius 1 is 1.57 bits per heavy atom. The minimum atomic E-state index is -0.480. The number of ether oxygens (including phenoxy) is 1. The van der Waals surface area contributed by atoms with E-state index in [9.17, 15) is 4.79 Å². The van der Waals surface area contributed by atoms with Gasteiger partial charge in [0.1, 0.15) is 0 Å². The molecule has 0 spiro atoms. The minimum Gasteiger partial charge on any atom is -0.453 e. The molecule has 0 aromatic heterocycles. The van der Waals surface area contributed by atoms with Crippen LogP contribution in [0.2, 0.25) is 0 Å². The maximum atomic E-state index is 10.9. The van der Waals surface area contributed by atoms with E-state index in [0.717, 1.165) is 5.56 Å². The van der Waals surface area contributed by atoms with Crippen molar-refractivity contribution in [1.82, 2.24) is 0 Å². The maximum absolute atomic E-state index is 10.9. The van der Waals surface area contributed by atoms with Gasteiger partial charge in [0.15, 0.2) is 0 Å². The number of rotatable bonds is 2. The lowest BCUT2D eigenvalue weighted by Gasteiger charge is -2.08. The van der Waals surface area contributed by atoms with Crippen molar-refractivity contribution >= 4 is 11.8 Å². The van der Waals surface area contributed by atoms with Crippen molar-refractivity contribution in [2.45, 2.75) is 13.0 Å². The summed E-state index contributed by atoms with van der Waals surface area (Å²) < 4.78 is 4.47. The van der Waals surface area contributed by atoms with Crippen LogP contribution >= 0.6 is 0 Å². The highest BCUT2D eigenvalue weighted by Gasteiger charge is 2.03. The third-order valence-corrected chi connectivity index (χ3v) is 1.84. The summed E-state index contributed by atoms with van der Waals surface area (Å²) in [5, 5.41) is 2.57. The second-order valence-corrected chi connectivity index (χ2v) is 3.03. The molecule has 1 aromatic carbocycles. The number of hydrogen-bond donors (Lipinski definition) is 2. The number of nitrogens with two attached hydrogens (primary N) is 1. The van der Waals surface area contributed by atoms with Crippen LogP contribution in [0.25, 0.3) is 0 Å². The van der Waals surface area contributed by atoms with Crippen LogP contribution in [0.15, 0.2) is 24.3 Å². The molecule has 0 radical (unpaired) electrons. The fraction of sp³-hybridized carbons (Fsp3) is 0.300. The molecule has 0 bridgehead atoms. The summed E-state index contributed by atoms with van der Waals surface area (Å²) in [6, 6.07) is 7.30. The summed E-state index contributed by atoms with van der Waals surface area (Å²) in [6.45, 7) is 1.89. The number of nitrogens with one attached hydrogen (secondary N) is 1. The monoisotopic (exact) mass is 194 g/mol. The Balaban J connectivity index is 2.78. The van der Waals surface area contributed by atoms with Crippen molar-refractivity contribution in [3.05, 3.63) is 29.8 Å². The molecule has 3 N–H and O–H groups in total. The van der Waals surface area contributed by atoms with E-state index in [2.05, 4.69) is 10.1 Å². The first-order valence-electron chi connectivity index (χ1n) is 4.34. The highest BCUT2D eigenvalue weighted by Crippen LogP contribution is 2.15. The van der Waals surface area contributed by atoms with Crippen LogP contribution in [0.4, 0.5) is 10.5 Å². The van der Waals surface area contributed by atoms with Crippen LogP contribution < -0.4 is 11.1 Å². The van der Waals surface area contributed by atoms with E-state index in [1.807, 2.05) is 25.1 Å². The molecule has 4 heteroatoms. The smallest absolute Gasteiger partial charge is 0.411 e. The molecule has 0 aliphatic carbocycles.